The summed E-state index contributed by atoms with van der Waals surface area (Å²) in [4.78, 5) is 22.3. The standard InChI is InChI=1S/C12H15N3O2/c16-11-10(8-14-12(17)15-11)7-13-6-9-4-2-1-3-5-9/h1-5,10,13H,6-8H2,(H2,14,15,16,17). The van der Waals surface area contributed by atoms with Crippen molar-refractivity contribution in [3.05, 3.63) is 35.9 Å². The van der Waals surface area contributed by atoms with Crippen molar-refractivity contribution in [3.63, 3.8) is 0 Å². The number of amides is 3. The molecule has 1 atom stereocenters. The van der Waals surface area contributed by atoms with E-state index in [1.807, 2.05) is 30.3 Å². The molecule has 1 aliphatic heterocycles. The highest BCUT2D eigenvalue weighted by Gasteiger charge is 2.25. The van der Waals surface area contributed by atoms with E-state index in [2.05, 4.69) is 16.0 Å². The first kappa shape index (κ1) is 11.6. The zero-order chi connectivity index (χ0) is 12.1. The van der Waals surface area contributed by atoms with Crippen LogP contribution in [0.3, 0.4) is 0 Å². The second kappa shape index (κ2) is 5.45. The lowest BCUT2D eigenvalue weighted by molar-refractivity contribution is -0.124. The summed E-state index contributed by atoms with van der Waals surface area (Å²) in [6.07, 6.45) is 0. The number of benzene rings is 1. The van der Waals surface area contributed by atoms with E-state index in [4.69, 9.17) is 0 Å². The van der Waals surface area contributed by atoms with E-state index in [1.54, 1.807) is 0 Å². The third-order valence-corrected chi connectivity index (χ3v) is 2.68. The number of urea groups is 1. The summed E-state index contributed by atoms with van der Waals surface area (Å²) < 4.78 is 0. The van der Waals surface area contributed by atoms with Gasteiger partial charge in [0.15, 0.2) is 0 Å². The average Bonchev–Trinajstić information content (AvgIpc) is 2.33. The van der Waals surface area contributed by atoms with Crippen LogP contribution < -0.4 is 16.0 Å². The van der Waals surface area contributed by atoms with Gasteiger partial charge in [-0.1, -0.05) is 30.3 Å². The number of imide groups is 1. The fraction of sp³-hybridized carbons (Fsp3) is 0.333. The molecule has 0 spiro atoms. The van der Waals surface area contributed by atoms with Crippen LogP contribution in [0.2, 0.25) is 0 Å². The smallest absolute Gasteiger partial charge is 0.321 e. The first-order valence-corrected chi connectivity index (χ1v) is 5.59. The topological polar surface area (TPSA) is 70.2 Å². The molecule has 5 nitrogen and oxygen atoms in total. The van der Waals surface area contributed by atoms with Crippen LogP contribution in [0.25, 0.3) is 0 Å². The molecule has 0 saturated carbocycles. The molecule has 17 heavy (non-hydrogen) atoms. The molecule has 1 heterocycles. The Morgan fingerprint density at radius 3 is 2.71 bits per heavy atom. The summed E-state index contributed by atoms with van der Waals surface area (Å²) in [5, 5.41) is 8.05. The zero-order valence-electron chi connectivity index (χ0n) is 9.40. The lowest BCUT2D eigenvalue weighted by Crippen LogP contribution is -2.54. The molecule has 0 aliphatic carbocycles. The van der Waals surface area contributed by atoms with Gasteiger partial charge < -0.3 is 10.6 Å². The Labute approximate surface area is 99.6 Å². The van der Waals surface area contributed by atoms with Crippen LogP contribution in [0.5, 0.6) is 0 Å². The number of nitrogens with one attached hydrogen (secondary N) is 3. The lowest BCUT2D eigenvalue weighted by Gasteiger charge is -2.22. The molecule has 1 unspecified atom stereocenters. The summed E-state index contributed by atoms with van der Waals surface area (Å²) in [7, 11) is 0. The number of carbonyl (C=O) groups excluding carboxylic acids is 2. The summed E-state index contributed by atoms with van der Waals surface area (Å²) >= 11 is 0. The van der Waals surface area contributed by atoms with Crippen LogP contribution in [0.1, 0.15) is 5.56 Å². The van der Waals surface area contributed by atoms with E-state index in [1.165, 1.54) is 5.56 Å². The van der Waals surface area contributed by atoms with E-state index in [9.17, 15) is 9.59 Å². The Kier molecular flexibility index (Phi) is 3.72. The Hall–Kier alpha value is -1.88. The van der Waals surface area contributed by atoms with Crippen molar-refractivity contribution in [1.82, 2.24) is 16.0 Å². The van der Waals surface area contributed by atoms with Crippen molar-refractivity contribution in [3.8, 4) is 0 Å². The second-order valence-electron chi connectivity index (χ2n) is 4.01. The second-order valence-corrected chi connectivity index (χ2v) is 4.01. The molecule has 1 aromatic rings. The number of carbonyl (C=O) groups is 2. The summed E-state index contributed by atoms with van der Waals surface area (Å²) in [6.45, 7) is 1.67. The minimum absolute atomic E-state index is 0.198. The van der Waals surface area contributed by atoms with E-state index in [0.29, 0.717) is 13.1 Å². The van der Waals surface area contributed by atoms with Gasteiger partial charge in [-0.3, -0.25) is 10.1 Å². The van der Waals surface area contributed by atoms with Crippen molar-refractivity contribution < 1.29 is 9.59 Å². The molecule has 1 aliphatic rings. The molecule has 1 fully saturated rings. The highest BCUT2D eigenvalue weighted by Crippen LogP contribution is 2.01. The minimum Gasteiger partial charge on any atom is -0.337 e. The summed E-state index contributed by atoms with van der Waals surface area (Å²) in [6, 6.07) is 9.56. The van der Waals surface area contributed by atoms with Crippen LogP contribution in [0, 0.1) is 5.92 Å². The molecule has 0 bridgehead atoms. The number of hydrogen-bond donors (Lipinski definition) is 3. The molecule has 90 valence electrons. The van der Waals surface area contributed by atoms with Gasteiger partial charge in [-0.25, -0.2) is 4.79 Å². The van der Waals surface area contributed by atoms with Gasteiger partial charge in [0, 0.05) is 19.6 Å². The first-order valence-electron chi connectivity index (χ1n) is 5.59. The first-order chi connectivity index (χ1) is 8.25. The fourth-order valence-electron chi connectivity index (χ4n) is 1.72. The third-order valence-electron chi connectivity index (χ3n) is 2.68. The van der Waals surface area contributed by atoms with Crippen LogP contribution in [0.4, 0.5) is 4.79 Å². The molecule has 1 saturated heterocycles. The van der Waals surface area contributed by atoms with Gasteiger partial charge in [0.25, 0.3) is 0 Å². The molecule has 5 heteroatoms. The van der Waals surface area contributed by atoms with E-state index >= 15 is 0 Å². The largest absolute Gasteiger partial charge is 0.337 e. The lowest BCUT2D eigenvalue weighted by atomic mass is 10.1. The maximum Gasteiger partial charge on any atom is 0.321 e. The number of hydrogen-bond acceptors (Lipinski definition) is 3. The Morgan fingerprint density at radius 2 is 2.00 bits per heavy atom. The van der Waals surface area contributed by atoms with Gasteiger partial charge >= 0.3 is 6.03 Å². The Morgan fingerprint density at radius 1 is 1.24 bits per heavy atom. The molecule has 3 N–H and O–H groups in total. The zero-order valence-corrected chi connectivity index (χ0v) is 9.40. The van der Waals surface area contributed by atoms with Crippen molar-refractivity contribution in [1.29, 1.82) is 0 Å². The van der Waals surface area contributed by atoms with Crippen molar-refractivity contribution in [2.24, 2.45) is 5.92 Å². The molecule has 0 radical (unpaired) electrons. The van der Waals surface area contributed by atoms with Crippen LogP contribution in [0.15, 0.2) is 30.3 Å². The van der Waals surface area contributed by atoms with Crippen LogP contribution >= 0.6 is 0 Å². The fourth-order valence-corrected chi connectivity index (χ4v) is 1.72. The van der Waals surface area contributed by atoms with Crippen LogP contribution in [-0.4, -0.2) is 25.0 Å². The summed E-state index contributed by atoms with van der Waals surface area (Å²) in [5.41, 5.74) is 1.17. The minimum atomic E-state index is -0.408. The van der Waals surface area contributed by atoms with Gasteiger partial charge in [-0.15, -0.1) is 0 Å². The van der Waals surface area contributed by atoms with Gasteiger partial charge in [-0.2, -0.15) is 0 Å². The Balaban J connectivity index is 1.75. The van der Waals surface area contributed by atoms with E-state index in [0.717, 1.165) is 6.54 Å². The van der Waals surface area contributed by atoms with Gasteiger partial charge in [-0.05, 0) is 5.56 Å². The van der Waals surface area contributed by atoms with Crippen molar-refractivity contribution in [2.75, 3.05) is 13.1 Å². The molecule has 0 aromatic heterocycles. The maximum absolute atomic E-state index is 11.4. The Bertz CT molecular complexity index is 405. The van der Waals surface area contributed by atoms with Crippen molar-refractivity contribution in [2.45, 2.75) is 6.54 Å². The average molecular weight is 233 g/mol. The highest BCUT2D eigenvalue weighted by molar-refractivity contribution is 5.98. The maximum atomic E-state index is 11.4. The predicted molar refractivity (Wildman–Crippen MR) is 63.2 cm³/mol. The third kappa shape index (κ3) is 3.29. The SMILES string of the molecule is O=C1NCC(CNCc2ccccc2)C(=O)N1. The predicted octanol–water partition coefficient (Wildman–Crippen LogP) is 0.232. The van der Waals surface area contributed by atoms with E-state index < -0.39 is 6.03 Å². The monoisotopic (exact) mass is 233 g/mol. The van der Waals surface area contributed by atoms with Gasteiger partial charge in [0.1, 0.15) is 0 Å². The highest BCUT2D eigenvalue weighted by atomic mass is 16.2. The quantitative estimate of drug-likeness (QED) is 0.697. The number of rotatable bonds is 4. The molecular weight excluding hydrogens is 218 g/mol. The molecular formula is C12H15N3O2. The molecule has 3 amide bonds. The molecule has 1 aromatic carbocycles. The normalized spacial score (nSPS) is 19.6. The van der Waals surface area contributed by atoms with Gasteiger partial charge in [0.2, 0.25) is 5.91 Å². The van der Waals surface area contributed by atoms with Gasteiger partial charge in [0.05, 0.1) is 5.92 Å². The van der Waals surface area contributed by atoms with E-state index in [-0.39, 0.29) is 11.8 Å². The van der Waals surface area contributed by atoms with Crippen molar-refractivity contribution >= 4 is 11.9 Å². The summed E-state index contributed by atoms with van der Waals surface area (Å²) in [5.74, 6) is -0.411. The van der Waals surface area contributed by atoms with Crippen LogP contribution in [-0.2, 0) is 11.3 Å². The molecule has 2 rings (SSSR count).